The summed E-state index contributed by atoms with van der Waals surface area (Å²) >= 11 is 7.19. The average molecular weight is 474 g/mol. The number of carbonyl (C=O) groups excluding carboxylic acids is 2. The molecule has 0 saturated heterocycles. The first kappa shape index (κ1) is 22.0. The van der Waals surface area contributed by atoms with Gasteiger partial charge in [0.05, 0.1) is 12.7 Å². The van der Waals surface area contributed by atoms with Crippen molar-refractivity contribution in [3.8, 4) is 17.2 Å². The normalized spacial score (nSPS) is 11.8. The fourth-order valence-electron chi connectivity index (χ4n) is 3.24. The zero-order valence-electron chi connectivity index (χ0n) is 17.4. The van der Waals surface area contributed by atoms with Gasteiger partial charge in [-0.2, -0.15) is 0 Å². The van der Waals surface area contributed by atoms with E-state index in [0.717, 1.165) is 16.0 Å². The Morgan fingerprint density at radius 3 is 2.62 bits per heavy atom. The van der Waals surface area contributed by atoms with Crippen LogP contribution in [-0.2, 0) is 16.0 Å². The number of nitrogens with one attached hydrogen (secondary N) is 1. The molecule has 0 unspecified atom stereocenters. The Kier molecular flexibility index (Phi) is 6.53. The lowest BCUT2D eigenvalue weighted by Gasteiger charge is -2.08. The molecule has 1 aliphatic heterocycles. The molecule has 0 fully saturated rings. The van der Waals surface area contributed by atoms with Crippen molar-refractivity contribution in [1.82, 2.24) is 0 Å². The number of hydrogen-bond acceptors (Lipinski definition) is 7. The smallest absolute Gasteiger partial charge is 0.341 e. The van der Waals surface area contributed by atoms with Crippen molar-refractivity contribution in [2.24, 2.45) is 0 Å². The fourth-order valence-corrected chi connectivity index (χ4v) is 4.61. The molecular weight excluding hydrogens is 454 g/mol. The monoisotopic (exact) mass is 473 g/mol. The molecule has 2 heterocycles. The van der Waals surface area contributed by atoms with Gasteiger partial charge >= 0.3 is 5.97 Å². The van der Waals surface area contributed by atoms with Crippen LogP contribution in [0, 0.1) is 6.92 Å². The highest BCUT2D eigenvalue weighted by atomic mass is 35.5. The molecule has 9 heteroatoms. The van der Waals surface area contributed by atoms with Crippen LogP contribution in [0.15, 0.2) is 42.5 Å². The average Bonchev–Trinajstić information content (AvgIpc) is 3.37. The summed E-state index contributed by atoms with van der Waals surface area (Å²) in [5.41, 5.74) is 2.10. The maximum absolute atomic E-state index is 12.5. The van der Waals surface area contributed by atoms with E-state index in [2.05, 4.69) is 5.32 Å². The van der Waals surface area contributed by atoms with Gasteiger partial charge in [-0.25, -0.2) is 4.79 Å². The number of methoxy groups -OCH3 is 1. The lowest BCUT2D eigenvalue weighted by molar-refractivity contribution is -0.118. The van der Waals surface area contributed by atoms with Crippen molar-refractivity contribution < 1.29 is 28.5 Å². The van der Waals surface area contributed by atoms with Crippen LogP contribution in [0.4, 0.5) is 5.00 Å². The molecule has 1 aliphatic rings. The maximum atomic E-state index is 12.5. The molecule has 4 rings (SSSR count). The zero-order chi connectivity index (χ0) is 22.7. The van der Waals surface area contributed by atoms with Crippen molar-refractivity contribution in [2.45, 2.75) is 13.3 Å². The van der Waals surface area contributed by atoms with Gasteiger partial charge in [0, 0.05) is 16.3 Å². The molecule has 0 radical (unpaired) electrons. The second kappa shape index (κ2) is 9.50. The molecule has 1 aromatic heterocycles. The van der Waals surface area contributed by atoms with E-state index in [1.165, 1.54) is 18.4 Å². The molecule has 166 valence electrons. The molecule has 32 heavy (non-hydrogen) atoms. The van der Waals surface area contributed by atoms with E-state index in [1.54, 1.807) is 24.3 Å². The molecule has 0 saturated carbocycles. The number of esters is 1. The molecule has 3 aromatic rings. The number of amides is 1. The molecule has 0 atom stereocenters. The summed E-state index contributed by atoms with van der Waals surface area (Å²) in [5, 5.41) is 3.78. The molecule has 0 aliphatic carbocycles. The van der Waals surface area contributed by atoms with E-state index in [4.69, 9.17) is 30.5 Å². The van der Waals surface area contributed by atoms with Gasteiger partial charge in [0.1, 0.15) is 10.8 Å². The number of thiophene rings is 1. The Morgan fingerprint density at radius 2 is 1.88 bits per heavy atom. The summed E-state index contributed by atoms with van der Waals surface area (Å²) < 4.78 is 21.2. The van der Waals surface area contributed by atoms with Crippen molar-refractivity contribution >= 4 is 39.8 Å². The number of ether oxygens (including phenoxy) is 4. The summed E-state index contributed by atoms with van der Waals surface area (Å²) in [7, 11) is 1.31. The van der Waals surface area contributed by atoms with E-state index in [-0.39, 0.29) is 19.3 Å². The summed E-state index contributed by atoms with van der Waals surface area (Å²) in [6, 6.07) is 12.4. The lowest BCUT2D eigenvalue weighted by Crippen LogP contribution is -2.21. The lowest BCUT2D eigenvalue weighted by atomic mass is 10.1. The van der Waals surface area contributed by atoms with Crippen LogP contribution in [0.25, 0.3) is 0 Å². The fraction of sp³-hybridized carbons (Fsp3) is 0.217. The Balaban J connectivity index is 1.51. The second-order valence-corrected chi connectivity index (χ2v) is 8.54. The highest BCUT2D eigenvalue weighted by Crippen LogP contribution is 2.37. The number of hydrogen-bond donors (Lipinski definition) is 1. The third kappa shape index (κ3) is 4.81. The van der Waals surface area contributed by atoms with E-state index in [0.29, 0.717) is 39.3 Å². The quantitative estimate of drug-likeness (QED) is 0.495. The highest BCUT2D eigenvalue weighted by Gasteiger charge is 2.24. The first-order valence-corrected chi connectivity index (χ1v) is 10.9. The van der Waals surface area contributed by atoms with Gasteiger partial charge in [0.15, 0.2) is 18.1 Å². The standard InChI is InChI=1S/C23H20ClNO6S/c1-13-19(10-14-3-8-17-18(9-14)31-12-30-17)32-22(21(13)23(27)28-2)25-20(26)11-29-16-6-4-15(24)5-7-16/h3-9H,10-12H2,1-2H3,(H,25,26). The molecule has 0 spiro atoms. The molecule has 2 aromatic carbocycles. The van der Waals surface area contributed by atoms with Crippen molar-refractivity contribution in [1.29, 1.82) is 0 Å². The highest BCUT2D eigenvalue weighted by molar-refractivity contribution is 7.17. The molecule has 1 N–H and O–H groups in total. The first-order valence-electron chi connectivity index (χ1n) is 9.72. The first-order chi connectivity index (χ1) is 15.4. The van der Waals surface area contributed by atoms with E-state index >= 15 is 0 Å². The van der Waals surface area contributed by atoms with Gasteiger partial charge in [0.25, 0.3) is 5.91 Å². The Hall–Kier alpha value is -3.23. The Bertz CT molecular complexity index is 1160. The molecule has 1 amide bonds. The van der Waals surface area contributed by atoms with E-state index in [9.17, 15) is 9.59 Å². The molecule has 0 bridgehead atoms. The Labute approximate surface area is 193 Å². The zero-order valence-corrected chi connectivity index (χ0v) is 19.0. The van der Waals surface area contributed by atoms with Gasteiger partial charge in [-0.15, -0.1) is 11.3 Å². The predicted molar refractivity (Wildman–Crippen MR) is 121 cm³/mol. The largest absolute Gasteiger partial charge is 0.484 e. The predicted octanol–water partition coefficient (Wildman–Crippen LogP) is 4.83. The topological polar surface area (TPSA) is 83.1 Å². The minimum absolute atomic E-state index is 0.206. The Morgan fingerprint density at radius 1 is 1.12 bits per heavy atom. The van der Waals surface area contributed by atoms with E-state index < -0.39 is 5.97 Å². The number of benzene rings is 2. The second-order valence-electron chi connectivity index (χ2n) is 7.00. The SMILES string of the molecule is COC(=O)c1c(NC(=O)COc2ccc(Cl)cc2)sc(Cc2ccc3c(c2)OCO3)c1C. The van der Waals surface area contributed by atoms with Crippen LogP contribution in [-0.4, -0.2) is 32.4 Å². The number of halogens is 1. The minimum Gasteiger partial charge on any atom is -0.484 e. The maximum Gasteiger partial charge on any atom is 0.341 e. The van der Waals surface area contributed by atoms with Gasteiger partial charge < -0.3 is 24.3 Å². The third-order valence-electron chi connectivity index (χ3n) is 4.87. The van der Waals surface area contributed by atoms with Crippen LogP contribution in [0.1, 0.15) is 26.4 Å². The van der Waals surface area contributed by atoms with Crippen LogP contribution >= 0.6 is 22.9 Å². The van der Waals surface area contributed by atoms with Gasteiger partial charge in [-0.1, -0.05) is 17.7 Å². The van der Waals surface area contributed by atoms with E-state index in [1.807, 2.05) is 25.1 Å². The van der Waals surface area contributed by atoms with Crippen molar-refractivity contribution in [3.63, 3.8) is 0 Å². The summed E-state index contributed by atoms with van der Waals surface area (Å²) in [6.45, 7) is 1.83. The van der Waals surface area contributed by atoms with Crippen LogP contribution in [0.3, 0.4) is 0 Å². The number of fused-ring (bicyclic) bond motifs is 1. The summed E-state index contributed by atoms with van der Waals surface area (Å²) in [4.78, 5) is 25.8. The minimum atomic E-state index is -0.510. The number of anilines is 1. The summed E-state index contributed by atoms with van der Waals surface area (Å²) in [5.74, 6) is 1.02. The molecule has 7 nitrogen and oxygen atoms in total. The summed E-state index contributed by atoms with van der Waals surface area (Å²) in [6.07, 6.45) is 0.564. The van der Waals surface area contributed by atoms with Gasteiger partial charge in [-0.05, 0) is 54.4 Å². The number of carbonyl (C=O) groups is 2. The van der Waals surface area contributed by atoms with Crippen molar-refractivity contribution in [3.05, 3.63) is 69.1 Å². The molecular formula is C23H20ClNO6S. The number of rotatable bonds is 7. The van der Waals surface area contributed by atoms with Crippen LogP contribution in [0.5, 0.6) is 17.2 Å². The van der Waals surface area contributed by atoms with Crippen LogP contribution < -0.4 is 19.5 Å². The van der Waals surface area contributed by atoms with Crippen molar-refractivity contribution in [2.75, 3.05) is 25.8 Å². The van der Waals surface area contributed by atoms with Crippen LogP contribution in [0.2, 0.25) is 5.02 Å². The van der Waals surface area contributed by atoms with Gasteiger partial charge in [0.2, 0.25) is 6.79 Å². The van der Waals surface area contributed by atoms with Gasteiger partial charge in [-0.3, -0.25) is 4.79 Å². The third-order valence-corrected chi connectivity index (χ3v) is 6.33.